The predicted molar refractivity (Wildman–Crippen MR) is 48.9 cm³/mol. The van der Waals surface area contributed by atoms with E-state index in [0.717, 1.165) is 19.3 Å². The molecule has 0 aromatic heterocycles. The summed E-state index contributed by atoms with van der Waals surface area (Å²) in [5.41, 5.74) is 0. The van der Waals surface area contributed by atoms with Gasteiger partial charge in [0.15, 0.2) is 0 Å². The number of unbranched alkanes of at least 4 members (excludes halogenated alkanes) is 1. The lowest BCUT2D eigenvalue weighted by molar-refractivity contribution is -0.142. The second kappa shape index (κ2) is 6.65. The Morgan fingerprint density at radius 3 is 2.64 bits per heavy atom. The summed E-state index contributed by atoms with van der Waals surface area (Å²) in [5.74, 6) is -0.138. The Hall–Kier alpha value is -0.0500. The average Bonchev–Trinajstić information content (AvgIpc) is 2.03. The van der Waals surface area contributed by atoms with Gasteiger partial charge in [-0.05, 0) is 12.8 Å². The third-order valence-corrected chi connectivity index (χ3v) is 2.38. The lowest BCUT2D eigenvalue weighted by Crippen LogP contribution is -2.16. The van der Waals surface area contributed by atoms with Crippen LogP contribution in [0.25, 0.3) is 0 Å². The van der Waals surface area contributed by atoms with Crippen molar-refractivity contribution in [2.24, 2.45) is 0 Å². The maximum absolute atomic E-state index is 11.0. The highest BCUT2D eigenvalue weighted by molar-refractivity contribution is 9.10. The molecule has 0 saturated heterocycles. The van der Waals surface area contributed by atoms with Gasteiger partial charge in [0.1, 0.15) is 4.83 Å². The number of rotatable bonds is 5. The number of carbonyl (C=O) groups excluding carboxylic acids is 1. The highest BCUT2D eigenvalue weighted by atomic mass is 79.9. The molecule has 0 spiro atoms. The number of hydrogen-bond donors (Lipinski definition) is 0. The summed E-state index contributed by atoms with van der Waals surface area (Å²) in [7, 11) is 0. The highest BCUT2D eigenvalue weighted by Crippen LogP contribution is 2.06. The fourth-order valence-electron chi connectivity index (χ4n) is 0.574. The molecule has 0 unspecified atom stereocenters. The molecule has 0 aromatic rings. The van der Waals surface area contributed by atoms with Gasteiger partial charge in [-0.2, -0.15) is 0 Å². The van der Waals surface area contributed by atoms with Gasteiger partial charge < -0.3 is 4.74 Å². The molecule has 2 nitrogen and oxygen atoms in total. The van der Waals surface area contributed by atoms with E-state index in [-0.39, 0.29) is 10.8 Å². The van der Waals surface area contributed by atoms with Crippen molar-refractivity contribution in [2.45, 2.75) is 37.9 Å². The maximum atomic E-state index is 11.0. The van der Waals surface area contributed by atoms with Crippen LogP contribution in [-0.2, 0) is 9.53 Å². The molecule has 0 heterocycles. The van der Waals surface area contributed by atoms with Crippen LogP contribution in [0.3, 0.4) is 0 Å². The monoisotopic (exact) mass is 222 g/mol. The maximum Gasteiger partial charge on any atom is 0.319 e. The van der Waals surface area contributed by atoms with Crippen LogP contribution >= 0.6 is 15.9 Å². The first kappa shape index (κ1) is 11.0. The van der Waals surface area contributed by atoms with Crippen LogP contribution in [0.2, 0.25) is 0 Å². The van der Waals surface area contributed by atoms with Crippen molar-refractivity contribution >= 4 is 21.9 Å². The molecule has 0 fully saturated rings. The van der Waals surface area contributed by atoms with Crippen molar-refractivity contribution in [3.63, 3.8) is 0 Å². The first-order valence-electron chi connectivity index (χ1n) is 4.03. The normalized spacial score (nSPS) is 12.6. The van der Waals surface area contributed by atoms with Crippen LogP contribution < -0.4 is 0 Å². The van der Waals surface area contributed by atoms with Crippen molar-refractivity contribution < 1.29 is 9.53 Å². The Balaban J connectivity index is 3.36. The van der Waals surface area contributed by atoms with Gasteiger partial charge in [-0.25, -0.2) is 0 Å². The van der Waals surface area contributed by atoms with Crippen LogP contribution in [0.1, 0.15) is 33.1 Å². The Morgan fingerprint density at radius 1 is 1.55 bits per heavy atom. The first-order valence-corrected chi connectivity index (χ1v) is 4.94. The molecule has 0 bridgehead atoms. The Kier molecular flexibility index (Phi) is 6.62. The van der Waals surface area contributed by atoms with Gasteiger partial charge in [-0.3, -0.25) is 4.79 Å². The molecule has 0 aromatic carbocycles. The van der Waals surface area contributed by atoms with E-state index in [9.17, 15) is 4.79 Å². The van der Waals surface area contributed by atoms with Crippen molar-refractivity contribution in [1.29, 1.82) is 0 Å². The van der Waals surface area contributed by atoms with Gasteiger partial charge in [-0.1, -0.05) is 36.2 Å². The molecule has 0 aliphatic carbocycles. The number of alkyl halides is 1. The third-order valence-electron chi connectivity index (χ3n) is 1.36. The summed E-state index contributed by atoms with van der Waals surface area (Å²) in [6, 6.07) is 0. The van der Waals surface area contributed by atoms with Crippen LogP contribution in [0.5, 0.6) is 0 Å². The van der Waals surface area contributed by atoms with Gasteiger partial charge in [0.25, 0.3) is 0 Å². The Labute approximate surface area is 76.4 Å². The van der Waals surface area contributed by atoms with E-state index in [0.29, 0.717) is 6.61 Å². The van der Waals surface area contributed by atoms with Crippen LogP contribution in [0.4, 0.5) is 0 Å². The van der Waals surface area contributed by atoms with Crippen LogP contribution in [-0.4, -0.2) is 17.4 Å². The molecule has 66 valence electrons. The van der Waals surface area contributed by atoms with E-state index in [4.69, 9.17) is 4.74 Å². The van der Waals surface area contributed by atoms with Crippen LogP contribution in [0, 0.1) is 0 Å². The summed E-state index contributed by atoms with van der Waals surface area (Å²) >= 11 is 3.22. The van der Waals surface area contributed by atoms with E-state index in [1.165, 1.54) is 0 Å². The molecule has 0 radical (unpaired) electrons. The summed E-state index contributed by atoms with van der Waals surface area (Å²) in [6.07, 6.45) is 2.80. The number of hydrogen-bond acceptors (Lipinski definition) is 2. The molecule has 0 N–H and O–H groups in total. The summed E-state index contributed by atoms with van der Waals surface area (Å²) in [5, 5.41) is 0. The molecule has 0 aliphatic rings. The van der Waals surface area contributed by atoms with Gasteiger partial charge in [-0.15, -0.1) is 0 Å². The largest absolute Gasteiger partial charge is 0.465 e. The third kappa shape index (κ3) is 5.24. The van der Waals surface area contributed by atoms with E-state index >= 15 is 0 Å². The molecular weight excluding hydrogens is 208 g/mol. The van der Waals surface area contributed by atoms with Crippen LogP contribution in [0.15, 0.2) is 0 Å². The van der Waals surface area contributed by atoms with Crippen molar-refractivity contribution in [2.75, 3.05) is 6.61 Å². The van der Waals surface area contributed by atoms with Gasteiger partial charge in [0.2, 0.25) is 0 Å². The zero-order chi connectivity index (χ0) is 8.69. The average molecular weight is 223 g/mol. The lowest BCUT2D eigenvalue weighted by Gasteiger charge is -2.06. The van der Waals surface area contributed by atoms with Crippen molar-refractivity contribution in [3.05, 3.63) is 0 Å². The second-order valence-corrected chi connectivity index (χ2v) is 3.50. The zero-order valence-electron chi connectivity index (χ0n) is 7.10. The molecule has 11 heavy (non-hydrogen) atoms. The van der Waals surface area contributed by atoms with E-state index in [1.807, 2.05) is 6.92 Å². The fourth-order valence-corrected chi connectivity index (χ4v) is 0.706. The van der Waals surface area contributed by atoms with E-state index < -0.39 is 0 Å². The zero-order valence-corrected chi connectivity index (χ0v) is 8.69. The Morgan fingerprint density at radius 2 is 2.18 bits per heavy atom. The predicted octanol–water partition coefficient (Wildman–Crippen LogP) is 2.50. The minimum absolute atomic E-state index is 0.126. The molecule has 0 saturated carbocycles. The molecule has 1 atom stereocenters. The first-order chi connectivity index (χ1) is 5.22. The minimum atomic E-state index is -0.138. The lowest BCUT2D eigenvalue weighted by atomic mass is 10.3. The van der Waals surface area contributed by atoms with Crippen molar-refractivity contribution in [3.8, 4) is 0 Å². The number of halogens is 1. The minimum Gasteiger partial charge on any atom is -0.465 e. The SMILES string of the molecule is CCCCOC(=O)[C@@H](Br)CC. The van der Waals surface area contributed by atoms with Gasteiger partial charge >= 0.3 is 5.97 Å². The Bertz CT molecular complexity index is 115. The summed E-state index contributed by atoms with van der Waals surface area (Å²) in [6.45, 7) is 4.57. The molecule has 0 aliphatic heterocycles. The summed E-state index contributed by atoms with van der Waals surface area (Å²) in [4.78, 5) is 10.9. The quantitative estimate of drug-likeness (QED) is 0.406. The fraction of sp³-hybridized carbons (Fsp3) is 0.875. The number of ether oxygens (including phenoxy) is 1. The molecule has 0 rings (SSSR count). The van der Waals surface area contributed by atoms with Gasteiger partial charge in [0.05, 0.1) is 6.61 Å². The topological polar surface area (TPSA) is 26.3 Å². The highest BCUT2D eigenvalue weighted by Gasteiger charge is 2.12. The molecule has 0 amide bonds. The van der Waals surface area contributed by atoms with E-state index in [1.54, 1.807) is 0 Å². The number of carbonyl (C=O) groups is 1. The van der Waals surface area contributed by atoms with E-state index in [2.05, 4.69) is 22.9 Å². The molecular formula is C8H15BrO2. The molecule has 3 heteroatoms. The summed E-state index contributed by atoms with van der Waals surface area (Å²) < 4.78 is 4.95. The smallest absolute Gasteiger partial charge is 0.319 e. The second-order valence-electron chi connectivity index (χ2n) is 2.40. The van der Waals surface area contributed by atoms with Gasteiger partial charge in [0, 0.05) is 0 Å². The van der Waals surface area contributed by atoms with Crippen molar-refractivity contribution in [1.82, 2.24) is 0 Å². The standard InChI is InChI=1S/C8H15BrO2/c1-3-5-6-11-8(10)7(9)4-2/h7H,3-6H2,1-2H3/t7-/m0/s1. The number of esters is 1.